The third kappa shape index (κ3) is 1.73. The van der Waals surface area contributed by atoms with E-state index in [-0.39, 0.29) is 22.9 Å². The second-order valence-corrected chi connectivity index (χ2v) is 10.4. The first kappa shape index (κ1) is 18.2. The normalized spacial score (nSPS) is 43.9. The Hall–Kier alpha value is -1.56. The lowest BCUT2D eigenvalue weighted by molar-refractivity contribution is -0.243. The van der Waals surface area contributed by atoms with Crippen LogP contribution in [0.15, 0.2) is 24.3 Å². The van der Waals surface area contributed by atoms with E-state index in [0.717, 1.165) is 37.3 Å². The third-order valence-electron chi connectivity index (χ3n) is 9.13. The summed E-state index contributed by atoms with van der Waals surface area (Å²) in [5.74, 6) is 1.67. The molecule has 6 atom stereocenters. The number of ether oxygens (including phenoxy) is 3. The highest BCUT2D eigenvalue weighted by Crippen LogP contribution is 2.75. The second-order valence-electron chi connectivity index (χ2n) is 10.4. The van der Waals surface area contributed by atoms with Gasteiger partial charge in [-0.05, 0) is 58.3 Å². The van der Waals surface area contributed by atoms with Crippen molar-refractivity contribution in [2.75, 3.05) is 27.8 Å². The minimum Gasteiger partial charge on any atom is -0.493 e. The SMILES string of the molecule is COc1ccc2c3c1OC1C4(OC)C=CC5(CC4C(C)(C)O)C(C2)N(C)CCC315. The summed E-state index contributed by atoms with van der Waals surface area (Å²) in [7, 11) is 5.75. The van der Waals surface area contributed by atoms with Crippen LogP contribution in [0.4, 0.5) is 0 Å². The van der Waals surface area contributed by atoms with Gasteiger partial charge in [-0.15, -0.1) is 0 Å². The van der Waals surface area contributed by atoms with E-state index in [0.29, 0.717) is 6.04 Å². The Kier molecular flexibility index (Phi) is 3.26. The molecule has 0 aromatic heterocycles. The van der Waals surface area contributed by atoms with Crippen molar-refractivity contribution in [3.05, 3.63) is 35.4 Å². The molecule has 4 bridgehead atoms. The fourth-order valence-electron chi connectivity index (χ4n) is 8.01. The van der Waals surface area contributed by atoms with Gasteiger partial charge in [-0.1, -0.05) is 18.2 Å². The Morgan fingerprint density at radius 2 is 2.03 bits per heavy atom. The molecule has 29 heavy (non-hydrogen) atoms. The number of likely N-dealkylation sites (N-methyl/N-ethyl adjacent to an activating group) is 1. The standard InChI is InChI=1S/C24H31NO4/c1-21(2,26)16-13-22-8-9-24(16,28-5)20-23(22)10-11-25(3)17(22)12-14-6-7-15(27-4)19(29-20)18(14)23/h6-9,16-17,20,26H,10-13H2,1-5H3. The van der Waals surface area contributed by atoms with Crippen molar-refractivity contribution in [2.24, 2.45) is 11.3 Å². The van der Waals surface area contributed by atoms with Gasteiger partial charge in [0.05, 0.1) is 18.1 Å². The van der Waals surface area contributed by atoms with Crippen LogP contribution in [-0.4, -0.2) is 61.2 Å². The lowest BCUT2D eigenvalue weighted by atomic mass is 9.36. The average Bonchev–Trinajstić information content (AvgIpc) is 3.06. The molecule has 6 unspecified atom stereocenters. The first-order valence-corrected chi connectivity index (χ1v) is 10.8. The van der Waals surface area contributed by atoms with Crippen LogP contribution in [0.1, 0.15) is 37.8 Å². The maximum absolute atomic E-state index is 11.2. The quantitative estimate of drug-likeness (QED) is 0.795. The van der Waals surface area contributed by atoms with Crippen molar-refractivity contribution in [1.29, 1.82) is 0 Å². The lowest BCUT2D eigenvalue weighted by Crippen LogP contribution is -2.80. The maximum atomic E-state index is 11.2. The fourth-order valence-corrected chi connectivity index (χ4v) is 8.01. The van der Waals surface area contributed by atoms with Crippen LogP contribution >= 0.6 is 0 Å². The molecular formula is C24H31NO4. The predicted molar refractivity (Wildman–Crippen MR) is 110 cm³/mol. The molecule has 1 N–H and O–H groups in total. The van der Waals surface area contributed by atoms with Gasteiger partial charge < -0.3 is 24.2 Å². The zero-order chi connectivity index (χ0) is 20.4. The molecule has 1 aromatic carbocycles. The first-order valence-electron chi connectivity index (χ1n) is 10.8. The number of methoxy groups -OCH3 is 2. The van der Waals surface area contributed by atoms with Crippen LogP contribution in [0, 0.1) is 11.3 Å². The Balaban J connectivity index is 1.71. The van der Waals surface area contributed by atoms with Crippen molar-refractivity contribution in [1.82, 2.24) is 4.90 Å². The molecule has 5 nitrogen and oxygen atoms in total. The minimum atomic E-state index is -0.870. The average molecular weight is 398 g/mol. The van der Waals surface area contributed by atoms with Gasteiger partial charge in [0.2, 0.25) is 0 Å². The van der Waals surface area contributed by atoms with E-state index in [1.807, 2.05) is 13.8 Å². The van der Waals surface area contributed by atoms with Gasteiger partial charge in [0.15, 0.2) is 11.5 Å². The van der Waals surface area contributed by atoms with Crippen molar-refractivity contribution in [2.45, 2.75) is 61.9 Å². The van der Waals surface area contributed by atoms with E-state index >= 15 is 0 Å². The molecule has 5 heteroatoms. The zero-order valence-electron chi connectivity index (χ0n) is 18.0. The lowest BCUT2D eigenvalue weighted by Gasteiger charge is -2.72. The molecule has 1 aromatic rings. The van der Waals surface area contributed by atoms with Crippen molar-refractivity contribution in [3.8, 4) is 11.5 Å². The van der Waals surface area contributed by atoms with Gasteiger partial charge in [-0.25, -0.2) is 0 Å². The molecule has 2 heterocycles. The largest absolute Gasteiger partial charge is 0.493 e. The number of hydrogen-bond donors (Lipinski definition) is 1. The van der Waals surface area contributed by atoms with Gasteiger partial charge in [0, 0.05) is 30.0 Å². The molecule has 7 rings (SSSR count). The Morgan fingerprint density at radius 3 is 2.72 bits per heavy atom. The molecule has 2 spiro atoms. The molecule has 4 aliphatic carbocycles. The van der Waals surface area contributed by atoms with Crippen LogP contribution in [-0.2, 0) is 16.6 Å². The van der Waals surface area contributed by atoms with Gasteiger partial charge in [-0.2, -0.15) is 0 Å². The molecule has 0 radical (unpaired) electrons. The van der Waals surface area contributed by atoms with Crippen molar-refractivity contribution < 1.29 is 19.3 Å². The third-order valence-corrected chi connectivity index (χ3v) is 9.13. The zero-order valence-corrected chi connectivity index (χ0v) is 18.0. The van der Waals surface area contributed by atoms with Crippen LogP contribution in [0.25, 0.3) is 0 Å². The topological polar surface area (TPSA) is 51.2 Å². The minimum absolute atomic E-state index is 0.0426. The summed E-state index contributed by atoms with van der Waals surface area (Å²) in [6.07, 6.45) is 7.46. The number of rotatable bonds is 3. The highest BCUT2D eigenvalue weighted by Gasteiger charge is 2.80. The van der Waals surface area contributed by atoms with Crippen molar-refractivity contribution >= 4 is 0 Å². The Labute approximate surface area is 172 Å². The van der Waals surface area contributed by atoms with Crippen LogP contribution in [0.5, 0.6) is 11.5 Å². The monoisotopic (exact) mass is 397 g/mol. The summed E-state index contributed by atoms with van der Waals surface area (Å²) in [5.41, 5.74) is 1.02. The van der Waals surface area contributed by atoms with Crippen LogP contribution < -0.4 is 9.47 Å². The summed E-state index contributed by atoms with van der Waals surface area (Å²) in [4.78, 5) is 2.53. The molecule has 1 saturated carbocycles. The summed E-state index contributed by atoms with van der Waals surface area (Å²) >= 11 is 0. The molecule has 1 saturated heterocycles. The number of likely N-dealkylation sites (tertiary alicyclic amines) is 1. The number of benzene rings is 1. The molecule has 156 valence electrons. The Morgan fingerprint density at radius 1 is 1.24 bits per heavy atom. The van der Waals surface area contributed by atoms with Gasteiger partial charge >= 0.3 is 0 Å². The summed E-state index contributed by atoms with van der Waals surface area (Å²) in [6.45, 7) is 4.89. The van der Waals surface area contributed by atoms with E-state index in [4.69, 9.17) is 14.2 Å². The Bertz CT molecular complexity index is 936. The highest BCUT2D eigenvalue weighted by molar-refractivity contribution is 5.65. The fraction of sp³-hybridized carbons (Fsp3) is 0.667. The van der Waals surface area contributed by atoms with Gasteiger partial charge in [0.25, 0.3) is 0 Å². The van der Waals surface area contributed by atoms with E-state index in [9.17, 15) is 5.11 Å². The van der Waals surface area contributed by atoms with E-state index in [1.54, 1.807) is 14.2 Å². The number of fused-ring (bicyclic) bond motifs is 1. The molecule has 2 fully saturated rings. The van der Waals surface area contributed by atoms with E-state index in [2.05, 4.69) is 36.2 Å². The number of hydrogen-bond acceptors (Lipinski definition) is 5. The van der Waals surface area contributed by atoms with E-state index in [1.165, 1.54) is 11.1 Å². The molecule has 6 aliphatic rings. The summed E-state index contributed by atoms with van der Waals surface area (Å²) < 4.78 is 18.9. The predicted octanol–water partition coefficient (Wildman–Crippen LogP) is 2.69. The maximum Gasteiger partial charge on any atom is 0.166 e. The van der Waals surface area contributed by atoms with Gasteiger partial charge in [0.1, 0.15) is 11.7 Å². The smallest absolute Gasteiger partial charge is 0.166 e. The van der Waals surface area contributed by atoms with Crippen LogP contribution in [0.3, 0.4) is 0 Å². The van der Waals surface area contributed by atoms with E-state index < -0.39 is 11.2 Å². The second kappa shape index (κ2) is 5.19. The number of piperidine rings is 1. The number of aliphatic hydroxyl groups is 1. The highest BCUT2D eigenvalue weighted by atomic mass is 16.6. The molecule has 2 aliphatic heterocycles. The number of nitrogens with zero attached hydrogens (tertiary/aromatic N) is 1. The summed E-state index contributed by atoms with van der Waals surface area (Å²) in [5, 5.41) is 11.2. The summed E-state index contributed by atoms with van der Waals surface area (Å²) in [6, 6.07) is 4.69. The first-order chi connectivity index (χ1) is 13.7. The van der Waals surface area contributed by atoms with Crippen LogP contribution in [0.2, 0.25) is 0 Å². The molecular weight excluding hydrogens is 366 g/mol. The van der Waals surface area contributed by atoms with Crippen molar-refractivity contribution in [3.63, 3.8) is 0 Å². The van der Waals surface area contributed by atoms with Gasteiger partial charge in [-0.3, -0.25) is 0 Å². The molecule has 0 amide bonds.